The minimum atomic E-state index is -0.242. The number of esters is 2. The van der Waals surface area contributed by atoms with Crippen molar-refractivity contribution in [1.82, 2.24) is 0 Å². The van der Waals surface area contributed by atoms with Gasteiger partial charge in [0.25, 0.3) is 0 Å². The molecule has 32 heavy (non-hydrogen) atoms. The number of rotatable bonds is 6. The maximum absolute atomic E-state index is 13.3. The first-order chi connectivity index (χ1) is 15.1. The van der Waals surface area contributed by atoms with Gasteiger partial charge >= 0.3 is 11.9 Å². The second-order valence-corrected chi connectivity index (χ2v) is 12.7. The lowest BCUT2D eigenvalue weighted by Crippen LogP contribution is -2.60. The van der Waals surface area contributed by atoms with E-state index in [0.717, 1.165) is 30.6 Å². The molecule has 0 aromatic rings. The van der Waals surface area contributed by atoms with Gasteiger partial charge in [-0.15, -0.1) is 0 Å². The summed E-state index contributed by atoms with van der Waals surface area (Å²) >= 11 is 0. The van der Waals surface area contributed by atoms with Crippen molar-refractivity contribution in [1.29, 1.82) is 0 Å². The molecule has 4 rings (SSSR count). The fourth-order valence-corrected chi connectivity index (χ4v) is 8.63. The number of carbonyl (C=O) groups excluding carboxylic acids is 2. The molecule has 0 unspecified atom stereocenters. The van der Waals surface area contributed by atoms with E-state index >= 15 is 0 Å². The highest BCUT2D eigenvalue weighted by atomic mass is 16.6. The van der Waals surface area contributed by atoms with Crippen LogP contribution < -0.4 is 0 Å². The Kier molecular flexibility index (Phi) is 6.73. The van der Waals surface area contributed by atoms with E-state index in [0.29, 0.717) is 23.7 Å². The van der Waals surface area contributed by atoms with E-state index in [1.165, 1.54) is 51.9 Å². The highest BCUT2D eigenvalue weighted by molar-refractivity contribution is 5.75. The molecule has 0 aromatic heterocycles. The normalized spacial score (nSPS) is 44.3. The average molecular weight is 447 g/mol. The number of hydrogen-bond donors (Lipinski definition) is 0. The minimum Gasteiger partial charge on any atom is -0.463 e. The number of ether oxygens (including phenoxy) is 2. The molecule has 4 fully saturated rings. The number of carbonyl (C=O) groups is 2. The van der Waals surface area contributed by atoms with E-state index in [9.17, 15) is 9.59 Å². The molecule has 3 saturated carbocycles. The van der Waals surface area contributed by atoms with Gasteiger partial charge in [-0.1, -0.05) is 53.9 Å². The van der Waals surface area contributed by atoms with Crippen LogP contribution in [0.5, 0.6) is 0 Å². The second-order valence-electron chi connectivity index (χ2n) is 12.7. The summed E-state index contributed by atoms with van der Waals surface area (Å²) in [4.78, 5) is 24.7. The Bertz CT molecular complexity index is 716. The first kappa shape index (κ1) is 24.1. The van der Waals surface area contributed by atoms with Crippen molar-refractivity contribution < 1.29 is 19.1 Å². The van der Waals surface area contributed by atoms with E-state index in [-0.39, 0.29) is 35.5 Å². The van der Waals surface area contributed by atoms with Crippen LogP contribution in [0.15, 0.2) is 0 Å². The summed E-state index contributed by atoms with van der Waals surface area (Å²) in [6, 6.07) is 0. The molecule has 1 aliphatic heterocycles. The van der Waals surface area contributed by atoms with E-state index in [2.05, 4.69) is 34.6 Å². The van der Waals surface area contributed by atoms with E-state index < -0.39 is 0 Å². The molecule has 0 amide bonds. The molecule has 0 radical (unpaired) electrons. The monoisotopic (exact) mass is 446 g/mol. The molecule has 3 aliphatic carbocycles. The second kappa shape index (κ2) is 8.95. The van der Waals surface area contributed by atoms with Crippen molar-refractivity contribution in [3.8, 4) is 0 Å². The lowest BCUT2D eigenvalue weighted by atomic mass is 9.49. The summed E-state index contributed by atoms with van der Waals surface area (Å²) in [7, 11) is 0. The molecule has 4 heteroatoms. The van der Waals surface area contributed by atoms with Crippen molar-refractivity contribution in [2.24, 2.45) is 46.3 Å². The third-order valence-corrected chi connectivity index (χ3v) is 10.4. The Morgan fingerprint density at radius 3 is 2.41 bits per heavy atom. The van der Waals surface area contributed by atoms with E-state index in [1.807, 2.05) is 0 Å². The first-order valence-corrected chi connectivity index (χ1v) is 13.4. The molecule has 4 aliphatic rings. The maximum Gasteiger partial charge on any atom is 0.309 e. The molecule has 1 heterocycles. The predicted octanol–water partition coefficient (Wildman–Crippen LogP) is 6.55. The highest BCUT2D eigenvalue weighted by Crippen LogP contribution is 2.65. The van der Waals surface area contributed by atoms with Gasteiger partial charge < -0.3 is 9.47 Å². The van der Waals surface area contributed by atoms with Crippen molar-refractivity contribution >= 4 is 11.9 Å². The summed E-state index contributed by atoms with van der Waals surface area (Å²) < 4.78 is 11.8. The molecule has 182 valence electrons. The molecule has 0 aromatic carbocycles. The quantitative estimate of drug-likeness (QED) is 0.434. The van der Waals surface area contributed by atoms with E-state index in [1.54, 1.807) is 0 Å². The highest BCUT2D eigenvalue weighted by Gasteiger charge is 2.64. The Morgan fingerprint density at radius 2 is 1.72 bits per heavy atom. The van der Waals surface area contributed by atoms with Crippen LogP contribution in [-0.2, 0) is 19.1 Å². The summed E-state index contributed by atoms with van der Waals surface area (Å²) in [5.41, 5.74) is 0.287. The fourth-order valence-electron chi connectivity index (χ4n) is 8.63. The first-order valence-electron chi connectivity index (χ1n) is 13.4. The van der Waals surface area contributed by atoms with Crippen molar-refractivity contribution in [2.75, 3.05) is 0 Å². The Labute approximate surface area is 195 Å². The topological polar surface area (TPSA) is 52.6 Å². The standard InChI is InChI=1S/C28H46O4/c1-17(2)8-7-9-18(3)21-10-11-22-25-23(13-15-27(21,22)5)28(6)14-12-20(31-19(4)29)16-24(28)26(30)32-25/h17-18,20-25H,7-16H2,1-6H3/t18-,20+,21-,22+,23-,24-,25-,27-,28-/m1/s1. The van der Waals surface area contributed by atoms with Gasteiger partial charge in [0.05, 0.1) is 5.92 Å². The number of fused-ring (bicyclic) bond motifs is 5. The van der Waals surface area contributed by atoms with E-state index in [4.69, 9.17) is 9.47 Å². The lowest BCUT2D eigenvalue weighted by Gasteiger charge is -2.59. The number of hydrogen-bond acceptors (Lipinski definition) is 4. The SMILES string of the molecule is CC(=O)O[C@H]1CC[C@@]2(C)[C@H](C1)C(=O)O[C@H]1[C@H]2CC[C@]2(C)[C@@H]([C@H](C)CCCC(C)C)CC[C@@H]12. The van der Waals surface area contributed by atoms with Gasteiger partial charge in [0.15, 0.2) is 0 Å². The lowest BCUT2D eigenvalue weighted by molar-refractivity contribution is -0.218. The summed E-state index contributed by atoms with van der Waals surface area (Å²) in [6.45, 7) is 13.4. The van der Waals surface area contributed by atoms with Gasteiger partial charge in [-0.2, -0.15) is 0 Å². The third-order valence-electron chi connectivity index (χ3n) is 10.4. The average Bonchev–Trinajstić information content (AvgIpc) is 3.06. The molecule has 0 spiro atoms. The van der Waals surface area contributed by atoms with Gasteiger partial charge in [-0.05, 0) is 73.5 Å². The van der Waals surface area contributed by atoms with Crippen LogP contribution in [0.25, 0.3) is 0 Å². The summed E-state index contributed by atoms with van der Waals surface area (Å²) in [6.07, 6.45) is 11.4. The van der Waals surface area contributed by atoms with Gasteiger partial charge in [-0.25, -0.2) is 0 Å². The van der Waals surface area contributed by atoms with Crippen LogP contribution in [0.4, 0.5) is 0 Å². The van der Waals surface area contributed by atoms with Crippen LogP contribution >= 0.6 is 0 Å². The largest absolute Gasteiger partial charge is 0.463 e. The minimum absolute atomic E-state index is 0.0149. The van der Waals surface area contributed by atoms with Gasteiger partial charge in [0.2, 0.25) is 0 Å². The molecular formula is C28H46O4. The van der Waals surface area contributed by atoms with Gasteiger partial charge in [0.1, 0.15) is 12.2 Å². The van der Waals surface area contributed by atoms with Crippen molar-refractivity contribution in [3.63, 3.8) is 0 Å². The van der Waals surface area contributed by atoms with Crippen LogP contribution in [0, 0.1) is 46.3 Å². The molecule has 0 N–H and O–H groups in total. The van der Waals surface area contributed by atoms with Crippen molar-refractivity contribution in [2.45, 2.75) is 118 Å². The van der Waals surface area contributed by atoms with Crippen LogP contribution in [0.3, 0.4) is 0 Å². The van der Waals surface area contributed by atoms with Crippen LogP contribution in [0.1, 0.15) is 106 Å². The molecule has 9 atom stereocenters. The Morgan fingerprint density at radius 1 is 1.03 bits per heavy atom. The predicted molar refractivity (Wildman–Crippen MR) is 126 cm³/mol. The summed E-state index contributed by atoms with van der Waals surface area (Å²) in [5.74, 6) is 2.86. The zero-order chi connectivity index (χ0) is 23.3. The van der Waals surface area contributed by atoms with Gasteiger partial charge in [-0.3, -0.25) is 9.59 Å². The molecule has 4 nitrogen and oxygen atoms in total. The zero-order valence-corrected chi connectivity index (χ0v) is 21.3. The Hall–Kier alpha value is -1.06. The Balaban J connectivity index is 1.48. The maximum atomic E-state index is 13.3. The zero-order valence-electron chi connectivity index (χ0n) is 21.3. The smallest absolute Gasteiger partial charge is 0.309 e. The fraction of sp³-hybridized carbons (Fsp3) is 0.929. The summed E-state index contributed by atoms with van der Waals surface area (Å²) in [5, 5.41) is 0. The van der Waals surface area contributed by atoms with Crippen molar-refractivity contribution in [3.05, 3.63) is 0 Å². The molecule has 1 saturated heterocycles. The molecule has 0 bridgehead atoms. The third kappa shape index (κ3) is 4.13. The molecular weight excluding hydrogens is 400 g/mol. The van der Waals surface area contributed by atoms with Gasteiger partial charge in [0, 0.05) is 18.8 Å². The van der Waals surface area contributed by atoms with Crippen LogP contribution in [0.2, 0.25) is 0 Å². The van der Waals surface area contributed by atoms with Crippen LogP contribution in [-0.4, -0.2) is 24.1 Å².